The van der Waals surface area contributed by atoms with Crippen LogP contribution in [0, 0.1) is 13.8 Å². The van der Waals surface area contributed by atoms with Crippen LogP contribution in [0.25, 0.3) is 0 Å². The van der Waals surface area contributed by atoms with Crippen molar-refractivity contribution in [2.45, 2.75) is 20.4 Å². The number of methoxy groups -OCH3 is 1. The highest BCUT2D eigenvalue weighted by Crippen LogP contribution is 2.20. The van der Waals surface area contributed by atoms with Gasteiger partial charge in [0.05, 0.1) is 13.4 Å². The van der Waals surface area contributed by atoms with E-state index in [1.165, 1.54) is 4.31 Å². The van der Waals surface area contributed by atoms with Crippen LogP contribution in [0.1, 0.15) is 27.0 Å². The van der Waals surface area contributed by atoms with E-state index in [2.05, 4.69) is 5.32 Å². The van der Waals surface area contributed by atoms with Crippen molar-refractivity contribution in [3.8, 4) is 5.75 Å². The van der Waals surface area contributed by atoms with Crippen LogP contribution in [0.2, 0.25) is 0 Å². The number of carbonyl (C=O) groups excluding carboxylic acids is 1. The first kappa shape index (κ1) is 20.9. The van der Waals surface area contributed by atoms with Crippen molar-refractivity contribution >= 4 is 15.9 Å². The Morgan fingerprint density at radius 1 is 1.11 bits per heavy atom. The van der Waals surface area contributed by atoms with Gasteiger partial charge in [0.15, 0.2) is 0 Å². The van der Waals surface area contributed by atoms with E-state index in [9.17, 15) is 13.2 Å². The SMILES string of the molecule is COc1ccccc1CN(CCNC(=O)c1ccc(C)c(C)c1)S(C)(=O)=O. The molecule has 0 heterocycles. The van der Waals surface area contributed by atoms with Gasteiger partial charge in [-0.3, -0.25) is 4.79 Å². The summed E-state index contributed by atoms with van der Waals surface area (Å²) in [5.74, 6) is 0.411. The Hall–Kier alpha value is -2.38. The summed E-state index contributed by atoms with van der Waals surface area (Å²) in [4.78, 5) is 12.3. The highest BCUT2D eigenvalue weighted by Gasteiger charge is 2.19. The molecule has 0 aliphatic rings. The van der Waals surface area contributed by atoms with Gasteiger partial charge in [-0.1, -0.05) is 24.3 Å². The van der Waals surface area contributed by atoms with Gasteiger partial charge < -0.3 is 10.1 Å². The summed E-state index contributed by atoms with van der Waals surface area (Å²) >= 11 is 0. The predicted octanol–water partition coefficient (Wildman–Crippen LogP) is 2.50. The number of benzene rings is 2. The molecule has 0 atom stereocenters. The van der Waals surface area contributed by atoms with E-state index < -0.39 is 10.0 Å². The highest BCUT2D eigenvalue weighted by atomic mass is 32.2. The maximum absolute atomic E-state index is 12.3. The van der Waals surface area contributed by atoms with E-state index in [4.69, 9.17) is 4.74 Å². The Labute approximate surface area is 161 Å². The van der Waals surface area contributed by atoms with E-state index >= 15 is 0 Å². The maximum Gasteiger partial charge on any atom is 0.251 e. The van der Waals surface area contributed by atoms with Crippen LogP contribution < -0.4 is 10.1 Å². The average molecular weight is 391 g/mol. The molecule has 0 unspecified atom stereocenters. The molecule has 2 aromatic rings. The number of hydrogen-bond acceptors (Lipinski definition) is 4. The topological polar surface area (TPSA) is 75.7 Å². The standard InChI is InChI=1S/C20H26N2O4S/c1-15-9-10-17(13-16(15)2)20(23)21-11-12-22(27(4,24)25)14-18-7-5-6-8-19(18)26-3/h5-10,13H,11-12,14H2,1-4H3,(H,21,23). The molecule has 0 aromatic heterocycles. The highest BCUT2D eigenvalue weighted by molar-refractivity contribution is 7.88. The molecule has 0 aliphatic carbocycles. The van der Waals surface area contributed by atoms with Gasteiger partial charge in [-0.15, -0.1) is 0 Å². The molecule has 146 valence electrons. The minimum Gasteiger partial charge on any atom is -0.496 e. The van der Waals surface area contributed by atoms with E-state index in [1.54, 1.807) is 19.2 Å². The number of aryl methyl sites for hydroxylation is 2. The molecule has 0 bridgehead atoms. The monoisotopic (exact) mass is 390 g/mol. The lowest BCUT2D eigenvalue weighted by molar-refractivity contribution is 0.0951. The molecule has 0 fully saturated rings. The second-order valence-corrected chi connectivity index (χ2v) is 8.45. The first-order valence-corrected chi connectivity index (χ1v) is 10.5. The Morgan fingerprint density at radius 2 is 1.81 bits per heavy atom. The summed E-state index contributed by atoms with van der Waals surface area (Å²) in [7, 11) is -1.89. The molecule has 2 aromatic carbocycles. The molecule has 1 N–H and O–H groups in total. The van der Waals surface area contributed by atoms with Gasteiger partial charge in [0.25, 0.3) is 5.91 Å². The minimum atomic E-state index is -3.44. The van der Waals surface area contributed by atoms with Gasteiger partial charge in [0.2, 0.25) is 10.0 Å². The first-order valence-electron chi connectivity index (χ1n) is 8.65. The van der Waals surface area contributed by atoms with Crippen molar-refractivity contribution < 1.29 is 17.9 Å². The first-order chi connectivity index (χ1) is 12.7. The lowest BCUT2D eigenvalue weighted by atomic mass is 10.1. The zero-order valence-electron chi connectivity index (χ0n) is 16.2. The third kappa shape index (κ3) is 5.80. The third-order valence-corrected chi connectivity index (χ3v) is 5.67. The number of amides is 1. The molecule has 2 rings (SSSR count). The maximum atomic E-state index is 12.3. The summed E-state index contributed by atoms with van der Waals surface area (Å²) in [6.45, 7) is 4.51. The Kier molecular flexibility index (Phi) is 6.98. The van der Waals surface area contributed by atoms with Crippen LogP contribution in [0.4, 0.5) is 0 Å². The third-order valence-electron chi connectivity index (χ3n) is 4.42. The van der Waals surface area contributed by atoms with Crippen LogP contribution in [0.3, 0.4) is 0 Å². The Balaban J connectivity index is 2.02. The van der Waals surface area contributed by atoms with Crippen LogP contribution in [0.5, 0.6) is 5.75 Å². The Morgan fingerprint density at radius 3 is 2.44 bits per heavy atom. The van der Waals surface area contributed by atoms with Gasteiger partial charge in [0.1, 0.15) is 5.75 Å². The van der Waals surface area contributed by atoms with E-state index in [0.717, 1.165) is 22.9 Å². The van der Waals surface area contributed by atoms with Crippen molar-refractivity contribution in [1.29, 1.82) is 0 Å². The zero-order valence-corrected chi connectivity index (χ0v) is 17.0. The summed E-state index contributed by atoms with van der Waals surface area (Å²) in [6.07, 6.45) is 1.16. The number of ether oxygens (including phenoxy) is 1. The number of sulfonamides is 1. The fourth-order valence-corrected chi connectivity index (χ4v) is 3.46. The van der Waals surface area contributed by atoms with Gasteiger partial charge in [0, 0.05) is 30.8 Å². The predicted molar refractivity (Wildman–Crippen MR) is 106 cm³/mol. The molecule has 1 amide bonds. The Bertz CT molecular complexity index is 910. The average Bonchev–Trinajstić information content (AvgIpc) is 2.62. The fourth-order valence-electron chi connectivity index (χ4n) is 2.66. The van der Waals surface area contributed by atoms with Gasteiger partial charge in [-0.25, -0.2) is 8.42 Å². The number of nitrogens with one attached hydrogen (secondary N) is 1. The quantitative estimate of drug-likeness (QED) is 0.751. The van der Waals surface area contributed by atoms with E-state index in [0.29, 0.717) is 11.3 Å². The molecule has 7 heteroatoms. The van der Waals surface area contributed by atoms with Crippen LogP contribution in [-0.2, 0) is 16.6 Å². The normalized spacial score (nSPS) is 11.4. The summed E-state index contributed by atoms with van der Waals surface area (Å²) in [5.41, 5.74) is 3.49. The van der Waals surface area contributed by atoms with Crippen LogP contribution in [0.15, 0.2) is 42.5 Å². The lowest BCUT2D eigenvalue weighted by Crippen LogP contribution is -2.37. The summed E-state index contributed by atoms with van der Waals surface area (Å²) < 4.78 is 30.9. The smallest absolute Gasteiger partial charge is 0.251 e. The van der Waals surface area contributed by atoms with Gasteiger partial charge in [-0.05, 0) is 43.2 Å². The van der Waals surface area contributed by atoms with Gasteiger partial charge in [-0.2, -0.15) is 4.31 Å². The summed E-state index contributed by atoms with van der Waals surface area (Å²) in [5, 5.41) is 2.79. The largest absolute Gasteiger partial charge is 0.496 e. The second-order valence-electron chi connectivity index (χ2n) is 6.46. The zero-order chi connectivity index (χ0) is 20.0. The molecule has 0 spiro atoms. The van der Waals surface area contributed by atoms with Crippen molar-refractivity contribution in [1.82, 2.24) is 9.62 Å². The number of hydrogen-bond donors (Lipinski definition) is 1. The minimum absolute atomic E-state index is 0.174. The van der Waals surface area contributed by atoms with Crippen molar-refractivity contribution in [3.63, 3.8) is 0 Å². The lowest BCUT2D eigenvalue weighted by Gasteiger charge is -2.21. The number of rotatable bonds is 8. The second kappa shape index (κ2) is 9.01. The number of nitrogens with zero attached hydrogens (tertiary/aromatic N) is 1. The van der Waals surface area contributed by atoms with Crippen molar-refractivity contribution in [2.24, 2.45) is 0 Å². The molecule has 0 saturated carbocycles. The number of carbonyl (C=O) groups is 1. The van der Waals surface area contributed by atoms with Crippen molar-refractivity contribution in [3.05, 3.63) is 64.7 Å². The molecule has 0 aliphatic heterocycles. The number of para-hydroxylation sites is 1. The van der Waals surface area contributed by atoms with E-state index in [-0.39, 0.29) is 25.5 Å². The molecule has 0 saturated heterocycles. The molecular weight excluding hydrogens is 364 g/mol. The van der Waals surface area contributed by atoms with E-state index in [1.807, 2.05) is 44.2 Å². The van der Waals surface area contributed by atoms with Crippen LogP contribution >= 0.6 is 0 Å². The van der Waals surface area contributed by atoms with Gasteiger partial charge >= 0.3 is 0 Å². The molecule has 27 heavy (non-hydrogen) atoms. The molecule has 0 radical (unpaired) electrons. The van der Waals surface area contributed by atoms with Crippen molar-refractivity contribution in [2.75, 3.05) is 26.5 Å². The fraction of sp³-hybridized carbons (Fsp3) is 0.350. The molecule has 6 nitrogen and oxygen atoms in total. The summed E-state index contributed by atoms with van der Waals surface area (Å²) in [6, 6.07) is 12.8. The molecular formula is C20H26N2O4S. The van der Waals surface area contributed by atoms with Crippen LogP contribution in [-0.4, -0.2) is 45.1 Å².